The van der Waals surface area contributed by atoms with Crippen LogP contribution in [0, 0.1) is 12.8 Å². The summed E-state index contributed by atoms with van der Waals surface area (Å²) in [6.07, 6.45) is 13.4. The number of nitrogens with one attached hydrogen (secondary N) is 1. The number of aromatic nitrogens is 3. The van der Waals surface area contributed by atoms with E-state index in [1.54, 1.807) is 6.33 Å². The van der Waals surface area contributed by atoms with Crippen LogP contribution in [0.25, 0.3) is 11.0 Å². The fourth-order valence-electron chi connectivity index (χ4n) is 5.82. The molecule has 3 fully saturated rings. The normalized spacial score (nSPS) is 32.8. The number of fused-ring (bicyclic) bond motifs is 1. The second-order valence-electron chi connectivity index (χ2n) is 8.81. The van der Waals surface area contributed by atoms with Crippen LogP contribution in [0.3, 0.4) is 0 Å². The van der Waals surface area contributed by atoms with Gasteiger partial charge in [-0.15, -0.1) is 0 Å². The van der Waals surface area contributed by atoms with E-state index in [9.17, 15) is 0 Å². The van der Waals surface area contributed by atoms with Gasteiger partial charge in [0.1, 0.15) is 12.0 Å². The molecular formula is C21H31N5. The second-order valence-corrected chi connectivity index (χ2v) is 8.81. The summed E-state index contributed by atoms with van der Waals surface area (Å²) in [5, 5.41) is 4.85. The van der Waals surface area contributed by atoms with Crippen molar-refractivity contribution in [2.75, 3.05) is 26.2 Å². The van der Waals surface area contributed by atoms with Gasteiger partial charge in [-0.1, -0.05) is 6.42 Å². The molecule has 0 radical (unpaired) electrons. The van der Waals surface area contributed by atoms with Crippen LogP contribution in [0.4, 0.5) is 0 Å². The van der Waals surface area contributed by atoms with E-state index < -0.39 is 0 Å². The van der Waals surface area contributed by atoms with Gasteiger partial charge in [-0.3, -0.25) is 4.90 Å². The molecule has 1 spiro atoms. The smallest absolute Gasteiger partial charge is 0.143 e. The van der Waals surface area contributed by atoms with Crippen LogP contribution >= 0.6 is 0 Å². The Bertz CT molecular complexity index is 776. The van der Waals surface area contributed by atoms with Gasteiger partial charge in [0.15, 0.2) is 0 Å². The van der Waals surface area contributed by atoms with Gasteiger partial charge >= 0.3 is 0 Å². The van der Waals surface area contributed by atoms with Crippen LogP contribution in [0.5, 0.6) is 0 Å². The molecule has 2 aliphatic heterocycles. The minimum Gasteiger partial charge on any atom is -0.329 e. The van der Waals surface area contributed by atoms with Crippen molar-refractivity contribution in [2.24, 2.45) is 5.92 Å². The van der Waals surface area contributed by atoms with E-state index in [4.69, 9.17) is 0 Å². The summed E-state index contributed by atoms with van der Waals surface area (Å²) in [5.74, 6) is 0.830. The quantitative estimate of drug-likeness (QED) is 0.920. The fourth-order valence-corrected chi connectivity index (χ4v) is 5.82. The van der Waals surface area contributed by atoms with E-state index >= 15 is 0 Å². The minimum absolute atomic E-state index is 0.473. The molecule has 1 aliphatic carbocycles. The summed E-state index contributed by atoms with van der Waals surface area (Å²) in [6, 6.07) is 2.80. The lowest BCUT2D eigenvalue weighted by Crippen LogP contribution is -2.54. The molecule has 5 rings (SSSR count). The van der Waals surface area contributed by atoms with Gasteiger partial charge in [0.2, 0.25) is 0 Å². The maximum Gasteiger partial charge on any atom is 0.143 e. The molecule has 2 aromatic heterocycles. The molecule has 3 unspecified atom stereocenters. The van der Waals surface area contributed by atoms with Crippen molar-refractivity contribution in [1.82, 2.24) is 24.8 Å². The van der Waals surface area contributed by atoms with Gasteiger partial charge in [0.05, 0.1) is 5.69 Å². The third-order valence-corrected chi connectivity index (χ3v) is 7.31. The molecule has 5 nitrogen and oxygen atoms in total. The zero-order valence-electron chi connectivity index (χ0n) is 16.0. The molecule has 2 saturated heterocycles. The Morgan fingerprint density at radius 3 is 3.08 bits per heavy atom. The monoisotopic (exact) mass is 353 g/mol. The first-order valence-electron chi connectivity index (χ1n) is 10.5. The molecule has 1 N–H and O–H groups in total. The average Bonchev–Trinajstić information content (AvgIpc) is 3.37. The Balaban J connectivity index is 1.30. The van der Waals surface area contributed by atoms with Crippen molar-refractivity contribution < 1.29 is 0 Å². The van der Waals surface area contributed by atoms with Gasteiger partial charge in [0, 0.05) is 36.3 Å². The molecule has 5 heteroatoms. The SMILES string of the molecule is Cc1ncnc2c1ccn2C1CCC(CN2CCCCC23CCNC3)C1. The molecule has 26 heavy (non-hydrogen) atoms. The van der Waals surface area contributed by atoms with E-state index in [1.165, 1.54) is 76.5 Å². The summed E-state index contributed by atoms with van der Waals surface area (Å²) in [4.78, 5) is 11.8. The Labute approximate surface area is 156 Å². The molecule has 0 amide bonds. The lowest BCUT2D eigenvalue weighted by atomic mass is 9.84. The predicted octanol–water partition coefficient (Wildman–Crippen LogP) is 3.30. The van der Waals surface area contributed by atoms with Crippen molar-refractivity contribution in [1.29, 1.82) is 0 Å². The molecule has 4 heterocycles. The lowest BCUT2D eigenvalue weighted by Gasteiger charge is -2.45. The minimum atomic E-state index is 0.473. The first kappa shape index (κ1) is 16.7. The Morgan fingerprint density at radius 2 is 2.19 bits per heavy atom. The number of hydrogen-bond acceptors (Lipinski definition) is 4. The average molecular weight is 354 g/mol. The topological polar surface area (TPSA) is 46.0 Å². The molecule has 0 aromatic carbocycles. The summed E-state index contributed by atoms with van der Waals surface area (Å²) >= 11 is 0. The number of aryl methyl sites for hydroxylation is 1. The van der Waals surface area contributed by atoms with Crippen molar-refractivity contribution in [2.45, 2.75) is 63.5 Å². The van der Waals surface area contributed by atoms with Gasteiger partial charge in [-0.2, -0.15) is 0 Å². The van der Waals surface area contributed by atoms with Crippen molar-refractivity contribution in [3.63, 3.8) is 0 Å². The zero-order chi connectivity index (χ0) is 17.6. The Kier molecular flexibility index (Phi) is 4.24. The third kappa shape index (κ3) is 2.76. The summed E-state index contributed by atoms with van der Waals surface area (Å²) in [7, 11) is 0. The van der Waals surface area contributed by atoms with Crippen LogP contribution in [0.15, 0.2) is 18.6 Å². The van der Waals surface area contributed by atoms with E-state index in [1.807, 2.05) is 0 Å². The standard InChI is InChI=1S/C21H31N5/c1-16-19-6-11-26(20(19)24-15-23-16)18-5-4-17(12-18)13-25-10-3-2-7-21(25)8-9-22-14-21/h6,11,15,17-18,22H,2-5,7-10,12-14H2,1H3. The maximum atomic E-state index is 4.58. The molecule has 2 aromatic rings. The largest absolute Gasteiger partial charge is 0.329 e. The highest BCUT2D eigenvalue weighted by Gasteiger charge is 2.42. The van der Waals surface area contributed by atoms with E-state index in [-0.39, 0.29) is 0 Å². The van der Waals surface area contributed by atoms with E-state index in [0.29, 0.717) is 11.6 Å². The van der Waals surface area contributed by atoms with Gasteiger partial charge in [0.25, 0.3) is 0 Å². The highest BCUT2D eigenvalue weighted by Crippen LogP contribution is 2.40. The van der Waals surface area contributed by atoms with Gasteiger partial charge in [-0.05, 0) is 70.5 Å². The number of rotatable bonds is 3. The summed E-state index contributed by atoms with van der Waals surface area (Å²) < 4.78 is 2.42. The molecular weight excluding hydrogens is 322 g/mol. The maximum absolute atomic E-state index is 4.58. The first-order chi connectivity index (χ1) is 12.8. The van der Waals surface area contributed by atoms with Crippen LogP contribution < -0.4 is 5.32 Å². The first-order valence-corrected chi connectivity index (χ1v) is 10.5. The number of piperidine rings is 1. The van der Waals surface area contributed by atoms with Crippen LogP contribution in [-0.4, -0.2) is 51.2 Å². The van der Waals surface area contributed by atoms with Crippen LogP contribution in [-0.2, 0) is 0 Å². The van der Waals surface area contributed by atoms with Gasteiger partial charge in [-0.25, -0.2) is 9.97 Å². The predicted molar refractivity (Wildman–Crippen MR) is 104 cm³/mol. The summed E-state index contributed by atoms with van der Waals surface area (Å²) in [6.45, 7) is 7.10. The van der Waals surface area contributed by atoms with E-state index in [2.05, 4.69) is 43.9 Å². The summed E-state index contributed by atoms with van der Waals surface area (Å²) in [5.41, 5.74) is 2.69. The van der Waals surface area contributed by atoms with Gasteiger partial charge < -0.3 is 9.88 Å². The lowest BCUT2D eigenvalue weighted by molar-refractivity contribution is 0.0470. The van der Waals surface area contributed by atoms with Crippen LogP contribution in [0.1, 0.15) is 56.7 Å². The molecule has 1 saturated carbocycles. The van der Waals surface area contributed by atoms with Crippen molar-refractivity contribution >= 4 is 11.0 Å². The number of hydrogen-bond donors (Lipinski definition) is 1. The fraction of sp³-hybridized carbons (Fsp3) is 0.714. The second kappa shape index (κ2) is 6.61. The Hall–Kier alpha value is -1.46. The van der Waals surface area contributed by atoms with Crippen LogP contribution in [0.2, 0.25) is 0 Å². The third-order valence-electron chi connectivity index (χ3n) is 7.31. The number of likely N-dealkylation sites (tertiary alicyclic amines) is 1. The molecule has 0 bridgehead atoms. The van der Waals surface area contributed by atoms with Crippen molar-refractivity contribution in [3.8, 4) is 0 Å². The zero-order valence-corrected chi connectivity index (χ0v) is 16.0. The highest BCUT2D eigenvalue weighted by molar-refractivity contribution is 5.78. The van der Waals surface area contributed by atoms with Crippen molar-refractivity contribution in [3.05, 3.63) is 24.3 Å². The molecule has 3 aliphatic rings. The highest BCUT2D eigenvalue weighted by atomic mass is 15.2. The Morgan fingerprint density at radius 1 is 1.23 bits per heavy atom. The molecule has 3 atom stereocenters. The molecule has 140 valence electrons. The van der Waals surface area contributed by atoms with E-state index in [0.717, 1.165) is 17.3 Å². The number of nitrogens with zero attached hydrogens (tertiary/aromatic N) is 4.